The van der Waals surface area contributed by atoms with Gasteiger partial charge in [-0.2, -0.15) is 13.2 Å². The van der Waals surface area contributed by atoms with Gasteiger partial charge in [0.25, 0.3) is 0 Å². The van der Waals surface area contributed by atoms with Crippen LogP contribution in [0.25, 0.3) is 0 Å². The zero-order valence-electron chi connectivity index (χ0n) is 13.2. The Bertz CT molecular complexity index is 669. The molecule has 1 aliphatic carbocycles. The van der Waals surface area contributed by atoms with Gasteiger partial charge >= 0.3 is 6.18 Å². The van der Waals surface area contributed by atoms with Gasteiger partial charge in [-0.05, 0) is 30.5 Å². The van der Waals surface area contributed by atoms with Gasteiger partial charge in [0.2, 0.25) is 5.91 Å². The van der Waals surface area contributed by atoms with Crippen molar-refractivity contribution in [3.8, 4) is 0 Å². The molecule has 0 atom stereocenters. The maximum atomic E-state index is 12.9. The Hall–Kier alpha value is -1.96. The van der Waals surface area contributed by atoms with Crippen LogP contribution in [-0.4, -0.2) is 37.0 Å². The minimum Gasteiger partial charge on any atom is -0.370 e. The number of carbonyl (C=O) groups excluding carboxylic acids is 1. The van der Waals surface area contributed by atoms with Crippen molar-refractivity contribution < 1.29 is 18.0 Å². The third-order valence-electron chi connectivity index (χ3n) is 3.88. The average molecular weight is 363 g/mol. The molecule has 0 bridgehead atoms. The molecule has 1 fully saturated rings. The van der Waals surface area contributed by atoms with Crippen molar-refractivity contribution >= 4 is 29.2 Å². The van der Waals surface area contributed by atoms with E-state index in [4.69, 9.17) is 17.3 Å². The van der Waals surface area contributed by atoms with Crippen LogP contribution in [0.4, 0.5) is 18.9 Å². The van der Waals surface area contributed by atoms with Gasteiger partial charge < -0.3 is 16.0 Å². The second kappa shape index (κ2) is 6.51. The molecule has 1 saturated carbocycles. The normalized spacial score (nSPS) is 16.7. The highest BCUT2D eigenvalue weighted by molar-refractivity contribution is 6.33. The molecule has 0 saturated heterocycles. The van der Waals surface area contributed by atoms with Gasteiger partial charge in [0.05, 0.1) is 10.7 Å². The van der Waals surface area contributed by atoms with Crippen LogP contribution < -0.4 is 11.1 Å². The topological polar surface area (TPSA) is 70.7 Å². The summed E-state index contributed by atoms with van der Waals surface area (Å²) in [7, 11) is 3.42. The molecule has 2 rings (SSSR count). The predicted octanol–water partition coefficient (Wildman–Crippen LogP) is 2.81. The van der Waals surface area contributed by atoms with Gasteiger partial charge in [-0.15, -0.1) is 0 Å². The Labute approximate surface area is 142 Å². The summed E-state index contributed by atoms with van der Waals surface area (Å²) in [6.07, 6.45) is -4.86. The number of amides is 1. The fourth-order valence-electron chi connectivity index (χ4n) is 2.09. The lowest BCUT2D eigenvalue weighted by molar-refractivity contribution is -0.192. The smallest absolute Gasteiger partial charge is 0.370 e. The number of nitrogens with zero attached hydrogens (tertiary/aromatic N) is 2. The zero-order chi connectivity index (χ0) is 18.1. The van der Waals surface area contributed by atoms with E-state index in [1.165, 1.54) is 0 Å². The molecular formula is C15H18ClF3N4O. The second-order valence-corrected chi connectivity index (χ2v) is 6.32. The van der Waals surface area contributed by atoms with Crippen LogP contribution in [0.2, 0.25) is 5.02 Å². The molecule has 0 aliphatic heterocycles. The number of benzene rings is 1. The second-order valence-electron chi connectivity index (χ2n) is 5.91. The zero-order valence-corrected chi connectivity index (χ0v) is 14.0. The first-order valence-corrected chi connectivity index (χ1v) is 7.59. The standard InChI is InChI=1S/C15H18ClF3N4O/c1-23(2)13(20)22-11-7-9(3-4-10(11)16)8-21-12(24)14(5-6-14)15(17,18)19/h3-4,7H,5-6,8H2,1-2H3,(H2,20,22)(H,21,24). The van der Waals surface area contributed by atoms with Crippen LogP contribution in [-0.2, 0) is 11.3 Å². The van der Waals surface area contributed by atoms with Crippen LogP contribution >= 0.6 is 11.6 Å². The molecule has 0 unspecified atom stereocenters. The fourth-order valence-corrected chi connectivity index (χ4v) is 2.25. The number of alkyl halides is 3. The van der Waals surface area contributed by atoms with Crippen LogP contribution in [0.3, 0.4) is 0 Å². The SMILES string of the molecule is CN(C)C(N)=Nc1cc(CNC(=O)C2(C(F)(F)F)CC2)ccc1Cl. The van der Waals surface area contributed by atoms with Gasteiger partial charge in [-0.1, -0.05) is 17.7 Å². The Kier molecular flexibility index (Phi) is 4.98. The quantitative estimate of drug-likeness (QED) is 0.639. The number of hydrogen-bond acceptors (Lipinski definition) is 2. The van der Waals surface area contributed by atoms with Crippen molar-refractivity contribution in [2.45, 2.75) is 25.6 Å². The molecular weight excluding hydrogens is 345 g/mol. The lowest BCUT2D eigenvalue weighted by atomic mass is 10.1. The Morgan fingerprint density at radius 3 is 2.54 bits per heavy atom. The van der Waals surface area contributed by atoms with Gasteiger partial charge in [0.1, 0.15) is 5.41 Å². The minimum atomic E-state index is -4.52. The van der Waals surface area contributed by atoms with E-state index in [-0.39, 0.29) is 25.3 Å². The van der Waals surface area contributed by atoms with Crippen LogP contribution in [0.1, 0.15) is 18.4 Å². The highest BCUT2D eigenvalue weighted by Crippen LogP contribution is 2.57. The molecule has 1 aromatic rings. The minimum absolute atomic E-state index is 0.0434. The monoisotopic (exact) mass is 362 g/mol. The Morgan fingerprint density at radius 1 is 1.42 bits per heavy atom. The molecule has 1 amide bonds. The van der Waals surface area contributed by atoms with Crippen molar-refractivity contribution in [2.75, 3.05) is 14.1 Å². The first-order chi connectivity index (χ1) is 11.1. The van der Waals surface area contributed by atoms with Gasteiger partial charge in [-0.25, -0.2) is 4.99 Å². The number of guanidine groups is 1. The summed E-state index contributed by atoms with van der Waals surface area (Å²) >= 11 is 6.03. The molecule has 24 heavy (non-hydrogen) atoms. The van der Waals surface area contributed by atoms with E-state index in [0.717, 1.165) is 0 Å². The third kappa shape index (κ3) is 3.75. The maximum absolute atomic E-state index is 12.9. The first kappa shape index (κ1) is 18.4. The van der Waals surface area contributed by atoms with Crippen molar-refractivity contribution in [1.29, 1.82) is 0 Å². The Balaban J connectivity index is 2.09. The molecule has 0 spiro atoms. The van der Waals surface area contributed by atoms with E-state index in [1.807, 2.05) is 0 Å². The van der Waals surface area contributed by atoms with E-state index >= 15 is 0 Å². The van der Waals surface area contributed by atoms with Crippen LogP contribution in [0.5, 0.6) is 0 Å². The van der Waals surface area contributed by atoms with Crippen molar-refractivity contribution in [3.05, 3.63) is 28.8 Å². The number of aliphatic imine (C=N–C) groups is 1. The molecule has 5 nitrogen and oxygen atoms in total. The number of nitrogens with two attached hydrogens (primary N) is 1. The van der Waals surface area contributed by atoms with Crippen molar-refractivity contribution in [1.82, 2.24) is 10.2 Å². The summed E-state index contributed by atoms with van der Waals surface area (Å²) in [5, 5.41) is 2.69. The van der Waals surface area contributed by atoms with Crippen molar-refractivity contribution in [2.24, 2.45) is 16.1 Å². The number of rotatable bonds is 4. The van der Waals surface area contributed by atoms with Crippen LogP contribution in [0, 0.1) is 5.41 Å². The summed E-state index contributed by atoms with van der Waals surface area (Å²) in [4.78, 5) is 17.6. The molecule has 9 heteroatoms. The highest BCUT2D eigenvalue weighted by atomic mass is 35.5. The molecule has 1 aliphatic rings. The number of hydrogen-bond donors (Lipinski definition) is 2. The van der Waals surface area contributed by atoms with E-state index in [1.54, 1.807) is 37.2 Å². The number of nitrogens with one attached hydrogen (secondary N) is 1. The van der Waals surface area contributed by atoms with Gasteiger partial charge in [0, 0.05) is 20.6 Å². The number of halogens is 4. The largest absolute Gasteiger partial charge is 0.403 e. The average Bonchev–Trinajstić information content (AvgIpc) is 3.28. The molecule has 0 heterocycles. The summed E-state index contributed by atoms with van der Waals surface area (Å²) in [5.41, 5.74) is 4.46. The fraction of sp³-hybridized carbons (Fsp3) is 0.467. The molecule has 3 N–H and O–H groups in total. The van der Waals surface area contributed by atoms with E-state index in [0.29, 0.717) is 16.3 Å². The predicted molar refractivity (Wildman–Crippen MR) is 86.0 cm³/mol. The molecule has 132 valence electrons. The molecule has 0 aromatic heterocycles. The summed E-state index contributed by atoms with van der Waals surface area (Å²) in [6, 6.07) is 4.74. The summed E-state index contributed by atoms with van der Waals surface area (Å²) in [6.45, 7) is -0.0434. The van der Waals surface area contributed by atoms with E-state index in [2.05, 4.69) is 10.3 Å². The summed E-state index contributed by atoms with van der Waals surface area (Å²) in [5.74, 6) is -0.769. The Morgan fingerprint density at radius 2 is 2.04 bits per heavy atom. The highest BCUT2D eigenvalue weighted by Gasteiger charge is 2.68. The maximum Gasteiger partial charge on any atom is 0.403 e. The molecule has 1 aromatic carbocycles. The summed E-state index contributed by atoms with van der Waals surface area (Å²) < 4.78 is 38.7. The third-order valence-corrected chi connectivity index (χ3v) is 4.20. The molecule has 0 radical (unpaired) electrons. The number of carbonyl (C=O) groups is 1. The lowest BCUT2D eigenvalue weighted by Gasteiger charge is -2.18. The van der Waals surface area contributed by atoms with E-state index < -0.39 is 17.5 Å². The van der Waals surface area contributed by atoms with Crippen LogP contribution in [0.15, 0.2) is 23.2 Å². The van der Waals surface area contributed by atoms with E-state index in [9.17, 15) is 18.0 Å². The van der Waals surface area contributed by atoms with Gasteiger partial charge in [0.15, 0.2) is 5.96 Å². The first-order valence-electron chi connectivity index (χ1n) is 7.22. The lowest BCUT2D eigenvalue weighted by Crippen LogP contribution is -2.40. The van der Waals surface area contributed by atoms with Gasteiger partial charge in [-0.3, -0.25) is 4.79 Å². The van der Waals surface area contributed by atoms with Crippen molar-refractivity contribution in [3.63, 3.8) is 0 Å².